The van der Waals surface area contributed by atoms with E-state index in [1.165, 1.54) is 167 Å². The van der Waals surface area contributed by atoms with Gasteiger partial charge in [-0.05, 0) is 174 Å². The highest BCUT2D eigenvalue weighted by Crippen LogP contribution is 2.67. The summed E-state index contributed by atoms with van der Waals surface area (Å²) in [7, 11) is 0. The van der Waals surface area contributed by atoms with Crippen LogP contribution < -0.4 is 0 Å². The fraction of sp³-hybridized carbons (Fsp3) is 0.898. The Labute approximate surface area is 392 Å². The monoisotopic (exact) mass is 876 g/mol. The summed E-state index contributed by atoms with van der Waals surface area (Å²) in [5.74, 6) is 5.45. The van der Waals surface area contributed by atoms with Gasteiger partial charge in [-0.2, -0.15) is 0 Å². The van der Waals surface area contributed by atoms with Gasteiger partial charge in [0.05, 0.1) is 18.8 Å². The summed E-state index contributed by atoms with van der Waals surface area (Å²) < 4.78 is 19.5. The first kappa shape index (κ1) is 53.0. The molecule has 5 rings (SSSR count). The van der Waals surface area contributed by atoms with E-state index < -0.39 is 0 Å². The largest absolute Gasteiger partial charge is 0.379 e. The summed E-state index contributed by atoms with van der Waals surface area (Å²) in [6, 6.07) is 0. The van der Waals surface area contributed by atoms with E-state index in [0.717, 1.165) is 87.7 Å². The Kier molecular flexibility index (Phi) is 23.4. The molecule has 4 fully saturated rings. The molecule has 4 aliphatic carbocycles. The number of fused-ring (bicyclic) bond motifs is 5. The zero-order valence-electron chi connectivity index (χ0n) is 43.2. The molecule has 3 unspecified atom stereocenters. The van der Waals surface area contributed by atoms with Crippen molar-refractivity contribution < 1.29 is 14.2 Å². The van der Waals surface area contributed by atoms with Crippen LogP contribution in [0.5, 0.6) is 0 Å². The molecule has 9 atom stereocenters. The molecule has 1 aliphatic heterocycles. The number of likely N-dealkylation sites (tertiary alicyclic amines) is 1. The van der Waals surface area contributed by atoms with Crippen molar-refractivity contribution in [1.29, 1.82) is 0 Å². The highest BCUT2D eigenvalue weighted by Gasteiger charge is 2.59. The number of allylic oxidation sites excluding steroid dienone is 5. The van der Waals surface area contributed by atoms with Crippen molar-refractivity contribution in [3.05, 3.63) is 36.0 Å². The fourth-order valence-electron chi connectivity index (χ4n) is 13.9. The summed E-state index contributed by atoms with van der Waals surface area (Å²) in [5.41, 5.74) is 3.18. The number of rotatable bonds is 32. The number of unbranched alkanes of at least 4 members (excludes halogenated alkanes) is 11. The third kappa shape index (κ3) is 17.0. The van der Waals surface area contributed by atoms with Crippen LogP contribution in [0.1, 0.15) is 229 Å². The molecule has 0 aromatic heterocycles. The number of hydrogen-bond donors (Lipinski definition) is 0. The first-order valence-corrected chi connectivity index (χ1v) is 28.0. The Morgan fingerprint density at radius 3 is 2.17 bits per heavy atom. The quantitative estimate of drug-likeness (QED) is 0.0498. The van der Waals surface area contributed by atoms with Gasteiger partial charge in [0.15, 0.2) is 0 Å². The van der Waals surface area contributed by atoms with E-state index >= 15 is 0 Å². The molecule has 0 radical (unpaired) electrons. The summed E-state index contributed by atoms with van der Waals surface area (Å²) in [6.45, 7) is 26.6. The third-order valence-corrected chi connectivity index (χ3v) is 17.8. The Bertz CT molecular complexity index is 1330. The molecule has 1 saturated heterocycles. The van der Waals surface area contributed by atoms with Crippen LogP contribution in [0.25, 0.3) is 0 Å². The van der Waals surface area contributed by atoms with Gasteiger partial charge in [-0.25, -0.2) is 0 Å². The van der Waals surface area contributed by atoms with Gasteiger partial charge in [-0.3, -0.25) is 0 Å². The first-order valence-electron chi connectivity index (χ1n) is 28.0. The van der Waals surface area contributed by atoms with Gasteiger partial charge in [0.1, 0.15) is 0 Å². The predicted molar refractivity (Wildman–Crippen MR) is 271 cm³/mol. The average molecular weight is 876 g/mol. The Balaban J connectivity index is 0.923. The highest BCUT2D eigenvalue weighted by atomic mass is 16.5. The van der Waals surface area contributed by atoms with Crippen molar-refractivity contribution >= 4 is 0 Å². The minimum absolute atomic E-state index is 0.177. The van der Waals surface area contributed by atoms with Crippen LogP contribution in [0.15, 0.2) is 36.0 Å². The molecular weight excluding hydrogens is 771 g/mol. The fourth-order valence-corrected chi connectivity index (χ4v) is 13.9. The zero-order valence-corrected chi connectivity index (χ0v) is 43.2. The summed E-state index contributed by atoms with van der Waals surface area (Å²) >= 11 is 0. The summed E-state index contributed by atoms with van der Waals surface area (Å²) in [5, 5.41) is 0. The lowest BCUT2D eigenvalue weighted by Gasteiger charge is -2.58. The predicted octanol–water partition coefficient (Wildman–Crippen LogP) is 16.5. The van der Waals surface area contributed by atoms with Gasteiger partial charge >= 0.3 is 0 Å². The summed E-state index contributed by atoms with van der Waals surface area (Å²) in [6.07, 6.45) is 48.2. The standard InChI is InChI=1S/C59H105NO3/c1-9-10-11-12-13-14-15-16-17-18-19-20-21-22-23-25-41-61-46-52(45-60-40-39-57(5,6)47-60)63-43-27-24-26-42-62-51-35-37-58(7)50(44-51)31-32-53-55-34-33-54(49(4)30-28-29-48(2)3)59(55,8)38-36-56(53)58/h13-14,16-17,31,48-49,51-56H,9-12,15,18-30,32-47H2,1-8H3/b14-13-,17-16-/t49-,51+,52?,53+,54?,55+,56?,58+,59-/m1/s1. The van der Waals surface area contributed by atoms with E-state index in [2.05, 4.69) is 90.7 Å². The molecule has 1 heterocycles. The van der Waals surface area contributed by atoms with Crippen LogP contribution in [0.2, 0.25) is 0 Å². The minimum atomic E-state index is 0.177. The van der Waals surface area contributed by atoms with Crippen LogP contribution >= 0.6 is 0 Å². The smallest absolute Gasteiger partial charge is 0.0934 e. The first-order chi connectivity index (χ1) is 30.4. The number of hydrogen-bond acceptors (Lipinski definition) is 4. The average Bonchev–Trinajstić information content (AvgIpc) is 3.79. The second kappa shape index (κ2) is 27.8. The SMILES string of the molecule is CCCCC/C=C\C/C=C\CCCCCCCCOCC(CN1CCC(C)(C)C1)OCCCCCO[C@H]1CC[C@@]2(C)C(=CC[C@@H]3C2CC[C@]2(C)C([C@H](C)CCCC(C)C)CC[C@@H]32)C1. The Hall–Kier alpha value is -0.940. The maximum Gasteiger partial charge on any atom is 0.0934 e. The van der Waals surface area contributed by atoms with Crippen LogP contribution in [-0.2, 0) is 14.2 Å². The van der Waals surface area contributed by atoms with E-state index in [0.29, 0.717) is 22.3 Å². The molecule has 0 bridgehead atoms. The normalized spacial score (nSPS) is 30.6. The molecule has 4 heteroatoms. The van der Waals surface area contributed by atoms with Crippen molar-refractivity contribution in [3.63, 3.8) is 0 Å². The molecule has 0 amide bonds. The van der Waals surface area contributed by atoms with Crippen molar-refractivity contribution in [1.82, 2.24) is 4.90 Å². The van der Waals surface area contributed by atoms with Crippen molar-refractivity contribution in [2.45, 2.75) is 241 Å². The summed E-state index contributed by atoms with van der Waals surface area (Å²) in [4.78, 5) is 2.62. The van der Waals surface area contributed by atoms with Gasteiger partial charge < -0.3 is 19.1 Å². The van der Waals surface area contributed by atoms with Crippen LogP contribution in [-0.4, -0.2) is 63.2 Å². The molecule has 0 aromatic rings. The second-order valence-electron chi connectivity index (χ2n) is 23.9. The van der Waals surface area contributed by atoms with Crippen LogP contribution in [0.3, 0.4) is 0 Å². The van der Waals surface area contributed by atoms with E-state index in [9.17, 15) is 0 Å². The van der Waals surface area contributed by atoms with Crippen LogP contribution in [0.4, 0.5) is 0 Å². The van der Waals surface area contributed by atoms with Gasteiger partial charge in [0, 0.05) is 32.9 Å². The highest BCUT2D eigenvalue weighted by molar-refractivity contribution is 5.25. The van der Waals surface area contributed by atoms with E-state index in [1.807, 2.05) is 0 Å². The topological polar surface area (TPSA) is 30.9 Å². The van der Waals surface area contributed by atoms with Gasteiger partial charge in [0.25, 0.3) is 0 Å². The van der Waals surface area contributed by atoms with Gasteiger partial charge in [-0.1, -0.05) is 149 Å². The van der Waals surface area contributed by atoms with Crippen LogP contribution in [0, 0.1) is 51.8 Å². The van der Waals surface area contributed by atoms with Crippen molar-refractivity contribution in [2.75, 3.05) is 46.1 Å². The number of ether oxygens (including phenoxy) is 3. The lowest BCUT2D eigenvalue weighted by atomic mass is 9.47. The lowest BCUT2D eigenvalue weighted by Crippen LogP contribution is -2.51. The maximum absolute atomic E-state index is 6.65. The molecule has 4 nitrogen and oxygen atoms in total. The minimum Gasteiger partial charge on any atom is -0.379 e. The maximum atomic E-state index is 6.65. The second-order valence-corrected chi connectivity index (χ2v) is 23.9. The van der Waals surface area contributed by atoms with E-state index in [1.54, 1.807) is 5.57 Å². The van der Waals surface area contributed by atoms with Crippen molar-refractivity contribution in [2.24, 2.45) is 51.8 Å². The lowest BCUT2D eigenvalue weighted by molar-refractivity contribution is -0.0643. The Morgan fingerprint density at radius 2 is 1.43 bits per heavy atom. The molecule has 3 saturated carbocycles. The number of nitrogens with zero attached hydrogens (tertiary/aromatic N) is 1. The van der Waals surface area contributed by atoms with Gasteiger partial charge in [0.2, 0.25) is 0 Å². The van der Waals surface area contributed by atoms with Crippen molar-refractivity contribution in [3.8, 4) is 0 Å². The Morgan fingerprint density at radius 1 is 0.714 bits per heavy atom. The molecule has 63 heavy (non-hydrogen) atoms. The molecule has 0 N–H and O–H groups in total. The zero-order chi connectivity index (χ0) is 45.0. The molecule has 364 valence electrons. The molecule has 0 aromatic carbocycles. The molecular formula is C59H105NO3. The molecule has 5 aliphatic rings. The van der Waals surface area contributed by atoms with E-state index in [-0.39, 0.29) is 6.10 Å². The molecule has 0 spiro atoms. The van der Waals surface area contributed by atoms with Gasteiger partial charge in [-0.15, -0.1) is 0 Å². The van der Waals surface area contributed by atoms with E-state index in [4.69, 9.17) is 14.2 Å². The third-order valence-electron chi connectivity index (χ3n) is 17.8.